The number of carbonyl (C=O) groups is 2. The highest BCUT2D eigenvalue weighted by molar-refractivity contribution is 5.80. The Hall–Kier alpha value is -1.98. The third-order valence-corrected chi connectivity index (χ3v) is 4.41. The van der Waals surface area contributed by atoms with E-state index in [1.165, 1.54) is 0 Å². The topological polar surface area (TPSA) is 63.0 Å². The van der Waals surface area contributed by atoms with Crippen LogP contribution in [0.3, 0.4) is 0 Å². The van der Waals surface area contributed by atoms with Crippen LogP contribution in [0.1, 0.15) is 39.2 Å². The zero-order chi connectivity index (χ0) is 16.6. The second-order valence-electron chi connectivity index (χ2n) is 7.37. The van der Waals surface area contributed by atoms with Gasteiger partial charge in [0.25, 0.3) is 0 Å². The van der Waals surface area contributed by atoms with Gasteiger partial charge in [-0.1, -0.05) is 0 Å². The van der Waals surface area contributed by atoms with Crippen LogP contribution in [0.4, 0.5) is 4.79 Å². The molecule has 6 nitrogen and oxygen atoms in total. The lowest BCUT2D eigenvalue weighted by Crippen LogP contribution is -2.65. The van der Waals surface area contributed by atoms with E-state index in [1.54, 1.807) is 17.4 Å². The number of rotatable bonds is 2. The predicted octanol–water partition coefficient (Wildman–Crippen LogP) is 2.43. The van der Waals surface area contributed by atoms with Gasteiger partial charge in [0.05, 0.1) is 25.0 Å². The Kier molecular flexibility index (Phi) is 4.08. The molecule has 0 saturated carbocycles. The maximum absolute atomic E-state index is 12.5. The van der Waals surface area contributed by atoms with Crippen molar-refractivity contribution in [2.24, 2.45) is 0 Å². The minimum Gasteiger partial charge on any atom is -0.472 e. The molecule has 4 rings (SSSR count). The number of fused-ring (bicyclic) bond motifs is 3. The number of carbonyl (C=O) groups excluding carboxylic acids is 2. The number of amides is 2. The molecule has 23 heavy (non-hydrogen) atoms. The molecular weight excluding hydrogens is 296 g/mol. The summed E-state index contributed by atoms with van der Waals surface area (Å²) in [7, 11) is 0. The van der Waals surface area contributed by atoms with Crippen LogP contribution < -0.4 is 0 Å². The summed E-state index contributed by atoms with van der Waals surface area (Å²) >= 11 is 0. The number of furan rings is 1. The molecule has 3 fully saturated rings. The first-order valence-electron chi connectivity index (χ1n) is 8.13. The Morgan fingerprint density at radius 1 is 1.22 bits per heavy atom. The van der Waals surface area contributed by atoms with Gasteiger partial charge < -0.3 is 19.0 Å². The Morgan fingerprint density at radius 2 is 1.87 bits per heavy atom. The summed E-state index contributed by atoms with van der Waals surface area (Å²) in [6.07, 6.45) is 5.14. The molecule has 2 bridgehead atoms. The summed E-state index contributed by atoms with van der Waals surface area (Å²) in [4.78, 5) is 28.5. The van der Waals surface area contributed by atoms with Gasteiger partial charge in [-0.2, -0.15) is 0 Å². The zero-order valence-electron chi connectivity index (χ0n) is 13.9. The van der Waals surface area contributed by atoms with Gasteiger partial charge in [-0.15, -0.1) is 0 Å². The van der Waals surface area contributed by atoms with Crippen molar-refractivity contribution in [2.45, 2.75) is 57.7 Å². The first kappa shape index (κ1) is 15.9. The van der Waals surface area contributed by atoms with Crippen molar-refractivity contribution in [3.8, 4) is 0 Å². The molecule has 2 atom stereocenters. The molecule has 3 aliphatic rings. The summed E-state index contributed by atoms with van der Waals surface area (Å²) in [5, 5.41) is 0. The molecule has 3 aliphatic heterocycles. The summed E-state index contributed by atoms with van der Waals surface area (Å²) in [6, 6.07) is 1.96. The molecule has 0 radical (unpaired) electrons. The number of hydrogen-bond acceptors (Lipinski definition) is 4. The minimum absolute atomic E-state index is 0.0585. The molecule has 0 spiro atoms. The summed E-state index contributed by atoms with van der Waals surface area (Å²) in [6.45, 7) is 6.77. The number of hydrogen-bond donors (Lipinski definition) is 0. The number of nitrogens with zero attached hydrogens (tertiary/aromatic N) is 2. The molecule has 2 amide bonds. The van der Waals surface area contributed by atoms with E-state index in [0.717, 1.165) is 18.4 Å². The van der Waals surface area contributed by atoms with E-state index in [2.05, 4.69) is 0 Å². The second-order valence-corrected chi connectivity index (χ2v) is 7.37. The van der Waals surface area contributed by atoms with Crippen LogP contribution in [0.2, 0.25) is 0 Å². The molecule has 0 aromatic carbocycles. The summed E-state index contributed by atoms with van der Waals surface area (Å²) < 4.78 is 10.5. The van der Waals surface area contributed by atoms with E-state index in [4.69, 9.17) is 9.15 Å². The number of ether oxygens (including phenoxy) is 1. The van der Waals surface area contributed by atoms with Gasteiger partial charge in [0.1, 0.15) is 5.60 Å². The maximum atomic E-state index is 12.5. The minimum atomic E-state index is -0.495. The van der Waals surface area contributed by atoms with Crippen LogP contribution in [-0.2, 0) is 16.0 Å². The van der Waals surface area contributed by atoms with Crippen molar-refractivity contribution in [3.63, 3.8) is 0 Å². The fraction of sp³-hybridized carbons (Fsp3) is 0.647. The van der Waals surface area contributed by atoms with Gasteiger partial charge in [0.15, 0.2) is 0 Å². The average molecular weight is 320 g/mol. The SMILES string of the molecule is CC(C)(C)OC(=O)N1CC2CCC1CN2C(=O)Cc1ccoc1. The molecule has 2 unspecified atom stereocenters. The third kappa shape index (κ3) is 3.51. The predicted molar refractivity (Wildman–Crippen MR) is 83.9 cm³/mol. The second kappa shape index (κ2) is 5.91. The standard InChI is InChI=1S/C17H24N2O4/c1-17(2,3)23-16(21)19-10-13-4-5-14(19)9-18(13)15(20)8-12-6-7-22-11-12/h6-7,11,13-14H,4-5,8-10H2,1-3H3. The first-order valence-corrected chi connectivity index (χ1v) is 8.13. The van der Waals surface area contributed by atoms with Crippen LogP contribution in [0.15, 0.2) is 23.0 Å². The Morgan fingerprint density at radius 3 is 2.39 bits per heavy atom. The van der Waals surface area contributed by atoms with Gasteiger partial charge in [-0.25, -0.2) is 4.79 Å². The van der Waals surface area contributed by atoms with Gasteiger partial charge in [0, 0.05) is 19.1 Å². The Bertz CT molecular complexity index is 576. The van der Waals surface area contributed by atoms with Crippen molar-refractivity contribution in [2.75, 3.05) is 13.1 Å². The molecule has 1 aromatic heterocycles. The van der Waals surface area contributed by atoms with E-state index in [-0.39, 0.29) is 24.1 Å². The largest absolute Gasteiger partial charge is 0.472 e. The third-order valence-electron chi connectivity index (χ3n) is 4.41. The van der Waals surface area contributed by atoms with Crippen LogP contribution in [-0.4, -0.2) is 52.6 Å². The highest BCUT2D eigenvalue weighted by Gasteiger charge is 2.43. The molecule has 0 aliphatic carbocycles. The molecule has 126 valence electrons. The smallest absolute Gasteiger partial charge is 0.410 e. The average Bonchev–Trinajstić information content (AvgIpc) is 2.98. The van der Waals surface area contributed by atoms with Crippen molar-refractivity contribution in [1.82, 2.24) is 9.80 Å². The van der Waals surface area contributed by atoms with Crippen LogP contribution in [0.25, 0.3) is 0 Å². The van der Waals surface area contributed by atoms with E-state index in [9.17, 15) is 9.59 Å². The van der Waals surface area contributed by atoms with E-state index < -0.39 is 5.60 Å². The van der Waals surface area contributed by atoms with Crippen molar-refractivity contribution < 1.29 is 18.7 Å². The molecule has 4 heterocycles. The zero-order valence-corrected chi connectivity index (χ0v) is 13.9. The lowest BCUT2D eigenvalue weighted by Gasteiger charge is -2.51. The molecule has 0 N–H and O–H groups in total. The van der Waals surface area contributed by atoms with E-state index in [0.29, 0.717) is 19.5 Å². The lowest BCUT2D eigenvalue weighted by molar-refractivity contribution is -0.140. The fourth-order valence-corrected chi connectivity index (χ4v) is 3.35. The molecule has 1 aromatic rings. The number of piperidine rings is 2. The van der Waals surface area contributed by atoms with Crippen LogP contribution >= 0.6 is 0 Å². The van der Waals surface area contributed by atoms with Crippen LogP contribution in [0.5, 0.6) is 0 Å². The molecular formula is C17H24N2O4. The molecule has 3 saturated heterocycles. The van der Waals surface area contributed by atoms with Crippen molar-refractivity contribution in [1.29, 1.82) is 0 Å². The summed E-state index contributed by atoms with van der Waals surface area (Å²) in [5.41, 5.74) is 0.394. The Balaban J connectivity index is 1.63. The van der Waals surface area contributed by atoms with Crippen molar-refractivity contribution >= 4 is 12.0 Å². The normalized spacial score (nSPS) is 24.0. The van der Waals surface area contributed by atoms with Gasteiger partial charge in [-0.05, 0) is 45.2 Å². The van der Waals surface area contributed by atoms with Gasteiger partial charge >= 0.3 is 6.09 Å². The van der Waals surface area contributed by atoms with E-state index in [1.807, 2.05) is 31.7 Å². The van der Waals surface area contributed by atoms with Gasteiger partial charge in [-0.3, -0.25) is 4.79 Å². The molecule has 6 heteroatoms. The fourth-order valence-electron chi connectivity index (χ4n) is 3.35. The maximum Gasteiger partial charge on any atom is 0.410 e. The highest BCUT2D eigenvalue weighted by Crippen LogP contribution is 2.30. The monoisotopic (exact) mass is 320 g/mol. The number of piperazine rings is 1. The van der Waals surface area contributed by atoms with E-state index >= 15 is 0 Å². The highest BCUT2D eigenvalue weighted by atomic mass is 16.6. The summed E-state index contributed by atoms with van der Waals surface area (Å²) in [5.74, 6) is 0.102. The lowest BCUT2D eigenvalue weighted by atomic mass is 9.90. The van der Waals surface area contributed by atoms with Gasteiger partial charge in [0.2, 0.25) is 5.91 Å². The Labute approximate surface area is 136 Å². The van der Waals surface area contributed by atoms with Crippen LogP contribution in [0, 0.1) is 0 Å². The quantitative estimate of drug-likeness (QED) is 0.839. The van der Waals surface area contributed by atoms with Crippen molar-refractivity contribution in [3.05, 3.63) is 24.2 Å². The first-order chi connectivity index (χ1) is 10.8.